The molecule has 2 aromatic rings. The van der Waals surface area contributed by atoms with Crippen LogP contribution in [0.3, 0.4) is 0 Å². The lowest BCUT2D eigenvalue weighted by atomic mass is 10.1. The van der Waals surface area contributed by atoms with Crippen molar-refractivity contribution >= 4 is 23.2 Å². The molecule has 120 valence electrons. The van der Waals surface area contributed by atoms with Crippen molar-refractivity contribution in [1.29, 1.82) is 0 Å². The number of amides is 2. The molecule has 0 unspecified atom stereocenters. The third-order valence-corrected chi connectivity index (χ3v) is 3.41. The molecule has 0 heterocycles. The molecule has 0 atom stereocenters. The molecule has 0 aliphatic rings. The van der Waals surface area contributed by atoms with E-state index in [1.165, 1.54) is 0 Å². The number of carbonyl (C=O) groups excluding carboxylic acids is 2. The summed E-state index contributed by atoms with van der Waals surface area (Å²) in [5, 5.41) is 5.71. The van der Waals surface area contributed by atoms with Gasteiger partial charge >= 0.3 is 0 Å². The highest BCUT2D eigenvalue weighted by Gasteiger charge is 2.11. The summed E-state index contributed by atoms with van der Waals surface area (Å²) in [5.41, 5.74) is 3.90. The first-order chi connectivity index (χ1) is 11.0. The van der Waals surface area contributed by atoms with E-state index in [9.17, 15) is 9.59 Å². The molecule has 2 N–H and O–H groups in total. The SMILES string of the molecule is CCCC(=O)Nc1ccccc1NC(=O)c1cc(C)cc(C)c1. The number of benzene rings is 2. The van der Waals surface area contributed by atoms with E-state index in [4.69, 9.17) is 0 Å². The fourth-order valence-corrected chi connectivity index (χ4v) is 2.44. The summed E-state index contributed by atoms with van der Waals surface area (Å²) in [7, 11) is 0. The number of rotatable bonds is 5. The van der Waals surface area contributed by atoms with Crippen LogP contribution in [0, 0.1) is 13.8 Å². The molecule has 0 fully saturated rings. The van der Waals surface area contributed by atoms with Crippen molar-refractivity contribution in [2.75, 3.05) is 10.6 Å². The number of hydrogen-bond donors (Lipinski definition) is 2. The molecule has 4 heteroatoms. The summed E-state index contributed by atoms with van der Waals surface area (Å²) in [6.45, 7) is 5.87. The maximum Gasteiger partial charge on any atom is 0.255 e. The molecule has 2 rings (SSSR count). The average Bonchev–Trinajstić information content (AvgIpc) is 2.48. The topological polar surface area (TPSA) is 58.2 Å². The highest BCUT2D eigenvalue weighted by molar-refractivity contribution is 6.07. The van der Waals surface area contributed by atoms with Gasteiger partial charge in [-0.25, -0.2) is 0 Å². The van der Waals surface area contributed by atoms with Crippen molar-refractivity contribution in [2.24, 2.45) is 0 Å². The molecule has 0 radical (unpaired) electrons. The van der Waals surface area contributed by atoms with Crippen molar-refractivity contribution in [1.82, 2.24) is 0 Å². The Kier molecular flexibility index (Phi) is 5.52. The van der Waals surface area contributed by atoms with Crippen LogP contribution in [0.5, 0.6) is 0 Å². The van der Waals surface area contributed by atoms with Crippen molar-refractivity contribution in [3.63, 3.8) is 0 Å². The van der Waals surface area contributed by atoms with E-state index in [0.717, 1.165) is 17.5 Å². The molecule has 4 nitrogen and oxygen atoms in total. The first kappa shape index (κ1) is 16.7. The van der Waals surface area contributed by atoms with Crippen LogP contribution in [0.2, 0.25) is 0 Å². The van der Waals surface area contributed by atoms with Crippen LogP contribution in [-0.2, 0) is 4.79 Å². The van der Waals surface area contributed by atoms with Gasteiger partial charge in [0.25, 0.3) is 5.91 Å². The summed E-state index contributed by atoms with van der Waals surface area (Å²) < 4.78 is 0. The highest BCUT2D eigenvalue weighted by atomic mass is 16.2. The second-order valence-electron chi connectivity index (χ2n) is 5.67. The Morgan fingerprint density at radius 2 is 1.48 bits per heavy atom. The molecule has 0 aliphatic heterocycles. The van der Waals surface area contributed by atoms with E-state index in [-0.39, 0.29) is 11.8 Å². The van der Waals surface area contributed by atoms with Crippen molar-refractivity contribution in [3.8, 4) is 0 Å². The molecule has 0 aromatic heterocycles. The van der Waals surface area contributed by atoms with Gasteiger partial charge in [-0.15, -0.1) is 0 Å². The van der Waals surface area contributed by atoms with Gasteiger partial charge in [0.15, 0.2) is 0 Å². The lowest BCUT2D eigenvalue weighted by molar-refractivity contribution is -0.116. The molecule has 0 aliphatic carbocycles. The van der Waals surface area contributed by atoms with Crippen molar-refractivity contribution < 1.29 is 9.59 Å². The minimum Gasteiger partial charge on any atom is -0.324 e. The Bertz CT molecular complexity index is 703. The van der Waals surface area contributed by atoms with Crippen molar-refractivity contribution in [3.05, 3.63) is 59.2 Å². The number of anilines is 2. The van der Waals surface area contributed by atoms with Gasteiger partial charge in [-0.1, -0.05) is 36.2 Å². The van der Waals surface area contributed by atoms with Gasteiger partial charge in [0.1, 0.15) is 0 Å². The Morgan fingerprint density at radius 3 is 2.04 bits per heavy atom. The van der Waals surface area contributed by atoms with Crippen LogP contribution in [0.25, 0.3) is 0 Å². The summed E-state index contributed by atoms with van der Waals surface area (Å²) in [4.78, 5) is 24.2. The largest absolute Gasteiger partial charge is 0.324 e. The summed E-state index contributed by atoms with van der Waals surface area (Å²) in [6.07, 6.45) is 1.24. The van der Waals surface area contributed by atoms with Gasteiger partial charge in [-0.3, -0.25) is 9.59 Å². The molecular formula is C19H22N2O2. The standard InChI is InChI=1S/C19H22N2O2/c1-4-7-18(22)20-16-8-5-6-9-17(16)21-19(23)15-11-13(2)10-14(3)12-15/h5-6,8-12H,4,7H2,1-3H3,(H,20,22)(H,21,23). The molecule has 0 saturated heterocycles. The molecular weight excluding hydrogens is 288 g/mol. The predicted molar refractivity (Wildman–Crippen MR) is 93.8 cm³/mol. The molecule has 0 spiro atoms. The Morgan fingerprint density at radius 1 is 0.913 bits per heavy atom. The monoisotopic (exact) mass is 310 g/mol. The Hall–Kier alpha value is -2.62. The number of para-hydroxylation sites is 2. The number of aryl methyl sites for hydroxylation is 2. The molecule has 23 heavy (non-hydrogen) atoms. The smallest absolute Gasteiger partial charge is 0.255 e. The average molecular weight is 310 g/mol. The van der Waals surface area contributed by atoms with E-state index in [1.54, 1.807) is 12.1 Å². The van der Waals surface area contributed by atoms with Crippen LogP contribution in [-0.4, -0.2) is 11.8 Å². The minimum absolute atomic E-state index is 0.0550. The quantitative estimate of drug-likeness (QED) is 0.865. The zero-order valence-corrected chi connectivity index (χ0v) is 13.8. The van der Waals surface area contributed by atoms with Crippen LogP contribution >= 0.6 is 0 Å². The van der Waals surface area contributed by atoms with Crippen LogP contribution in [0.4, 0.5) is 11.4 Å². The second kappa shape index (κ2) is 7.58. The first-order valence-corrected chi connectivity index (χ1v) is 7.78. The second-order valence-corrected chi connectivity index (χ2v) is 5.67. The fraction of sp³-hybridized carbons (Fsp3) is 0.263. The van der Waals surface area contributed by atoms with Gasteiger partial charge in [0.05, 0.1) is 11.4 Å². The summed E-state index contributed by atoms with van der Waals surface area (Å²) in [5.74, 6) is -0.241. The predicted octanol–water partition coefficient (Wildman–Crippen LogP) is 4.29. The van der Waals surface area contributed by atoms with Crippen LogP contribution in [0.15, 0.2) is 42.5 Å². The Balaban J connectivity index is 2.19. The third kappa shape index (κ3) is 4.68. The van der Waals surface area contributed by atoms with E-state index >= 15 is 0 Å². The van der Waals surface area contributed by atoms with E-state index in [0.29, 0.717) is 23.4 Å². The normalized spacial score (nSPS) is 10.2. The van der Waals surface area contributed by atoms with Gasteiger partial charge in [-0.2, -0.15) is 0 Å². The van der Waals surface area contributed by atoms with Gasteiger partial charge in [0, 0.05) is 12.0 Å². The third-order valence-electron chi connectivity index (χ3n) is 3.41. The molecule has 0 saturated carbocycles. The fourth-order valence-electron chi connectivity index (χ4n) is 2.44. The van der Waals surface area contributed by atoms with E-state index in [2.05, 4.69) is 10.6 Å². The maximum absolute atomic E-state index is 12.5. The Labute approximate surface area is 136 Å². The summed E-state index contributed by atoms with van der Waals surface area (Å²) in [6, 6.07) is 12.9. The highest BCUT2D eigenvalue weighted by Crippen LogP contribution is 2.22. The molecule has 2 aromatic carbocycles. The van der Waals surface area contributed by atoms with E-state index in [1.807, 2.05) is 51.1 Å². The van der Waals surface area contributed by atoms with Crippen molar-refractivity contribution in [2.45, 2.75) is 33.6 Å². The molecule has 0 bridgehead atoms. The van der Waals surface area contributed by atoms with Gasteiger partial charge in [-0.05, 0) is 44.5 Å². The van der Waals surface area contributed by atoms with Crippen LogP contribution < -0.4 is 10.6 Å². The zero-order valence-electron chi connectivity index (χ0n) is 13.8. The summed E-state index contributed by atoms with van der Waals surface area (Å²) >= 11 is 0. The first-order valence-electron chi connectivity index (χ1n) is 7.78. The van der Waals surface area contributed by atoms with Gasteiger partial charge < -0.3 is 10.6 Å². The minimum atomic E-state index is -0.186. The van der Waals surface area contributed by atoms with Gasteiger partial charge in [0.2, 0.25) is 5.91 Å². The molecule has 2 amide bonds. The maximum atomic E-state index is 12.5. The van der Waals surface area contributed by atoms with E-state index < -0.39 is 0 Å². The zero-order chi connectivity index (χ0) is 16.8. The lowest BCUT2D eigenvalue weighted by Gasteiger charge is -2.12. The number of nitrogens with one attached hydrogen (secondary N) is 2. The lowest BCUT2D eigenvalue weighted by Crippen LogP contribution is -2.16. The number of carbonyl (C=O) groups is 2. The number of hydrogen-bond acceptors (Lipinski definition) is 2. The van der Waals surface area contributed by atoms with Crippen LogP contribution in [0.1, 0.15) is 41.3 Å².